The Hall–Kier alpha value is -3.53. The van der Waals surface area contributed by atoms with Crippen LogP contribution < -0.4 is 4.90 Å². The van der Waals surface area contributed by atoms with Crippen LogP contribution in [-0.2, 0) is 10.0 Å². The third kappa shape index (κ3) is 3.77. The molecule has 10 heteroatoms. The maximum absolute atomic E-state index is 12.4. The SMILES string of the molecule is CN(c1cccc(-c2ccc(S(=O)(=O)N(C)C)cc2)c1)c1nc2nncn2c2cc(Cl)ccc12. The molecule has 0 aliphatic rings. The molecule has 0 N–H and O–H groups in total. The van der Waals surface area contributed by atoms with E-state index in [0.717, 1.165) is 33.5 Å². The van der Waals surface area contributed by atoms with Crippen LogP contribution in [0.15, 0.2) is 78.0 Å². The number of halogens is 1. The van der Waals surface area contributed by atoms with Crippen molar-refractivity contribution in [3.8, 4) is 11.1 Å². The molecule has 0 saturated carbocycles. The highest BCUT2D eigenvalue weighted by Crippen LogP contribution is 2.33. The van der Waals surface area contributed by atoms with E-state index in [1.54, 1.807) is 22.9 Å². The topological polar surface area (TPSA) is 83.7 Å². The second-order valence-electron chi connectivity index (χ2n) is 8.02. The molecule has 0 fully saturated rings. The Morgan fingerprint density at radius 3 is 2.41 bits per heavy atom. The van der Waals surface area contributed by atoms with E-state index in [1.807, 2.05) is 66.5 Å². The third-order valence-electron chi connectivity index (χ3n) is 5.71. The average molecular weight is 493 g/mol. The molecule has 34 heavy (non-hydrogen) atoms. The highest BCUT2D eigenvalue weighted by Gasteiger charge is 2.18. The van der Waals surface area contributed by atoms with Gasteiger partial charge in [-0.2, -0.15) is 4.98 Å². The van der Waals surface area contributed by atoms with Crippen molar-refractivity contribution in [3.05, 3.63) is 78.1 Å². The van der Waals surface area contributed by atoms with Crippen molar-refractivity contribution in [2.75, 3.05) is 26.0 Å². The Balaban J connectivity index is 1.56. The summed E-state index contributed by atoms with van der Waals surface area (Å²) >= 11 is 6.25. The summed E-state index contributed by atoms with van der Waals surface area (Å²) in [6.45, 7) is 0. The van der Waals surface area contributed by atoms with Crippen LogP contribution >= 0.6 is 11.6 Å². The van der Waals surface area contributed by atoms with Crippen molar-refractivity contribution in [2.45, 2.75) is 4.90 Å². The zero-order chi connectivity index (χ0) is 24.0. The van der Waals surface area contributed by atoms with Crippen molar-refractivity contribution in [1.29, 1.82) is 0 Å². The van der Waals surface area contributed by atoms with Crippen molar-refractivity contribution >= 4 is 49.8 Å². The molecule has 2 heterocycles. The minimum Gasteiger partial charge on any atom is -0.329 e. The Bertz CT molecular complexity index is 1630. The van der Waals surface area contributed by atoms with Crippen LogP contribution in [0.3, 0.4) is 0 Å². The molecule has 0 unspecified atom stereocenters. The van der Waals surface area contributed by atoms with Gasteiger partial charge in [0.05, 0.1) is 10.4 Å². The monoisotopic (exact) mass is 492 g/mol. The lowest BCUT2D eigenvalue weighted by molar-refractivity contribution is 0.521. The number of anilines is 2. The highest BCUT2D eigenvalue weighted by molar-refractivity contribution is 7.89. The summed E-state index contributed by atoms with van der Waals surface area (Å²) in [6, 6.07) is 20.5. The predicted molar refractivity (Wildman–Crippen MR) is 134 cm³/mol. The molecule has 0 atom stereocenters. The average Bonchev–Trinajstić information content (AvgIpc) is 3.32. The van der Waals surface area contributed by atoms with Gasteiger partial charge in [0.15, 0.2) is 0 Å². The van der Waals surface area contributed by atoms with Gasteiger partial charge in [-0.25, -0.2) is 12.7 Å². The normalized spacial score (nSPS) is 12.0. The van der Waals surface area contributed by atoms with Crippen LogP contribution in [0.25, 0.3) is 27.8 Å². The van der Waals surface area contributed by atoms with E-state index < -0.39 is 10.0 Å². The third-order valence-corrected chi connectivity index (χ3v) is 7.78. The lowest BCUT2D eigenvalue weighted by Crippen LogP contribution is -2.22. The lowest BCUT2D eigenvalue weighted by Gasteiger charge is -2.21. The molecule has 0 spiro atoms. The molecule has 0 bridgehead atoms. The fraction of sp³-hybridized carbons (Fsp3) is 0.125. The molecule has 0 amide bonds. The molecule has 5 rings (SSSR count). The van der Waals surface area contributed by atoms with Crippen molar-refractivity contribution in [1.82, 2.24) is 23.9 Å². The first kappa shape index (κ1) is 22.3. The molecule has 0 radical (unpaired) electrons. The van der Waals surface area contributed by atoms with Gasteiger partial charge in [0.25, 0.3) is 5.78 Å². The summed E-state index contributed by atoms with van der Waals surface area (Å²) in [5.41, 5.74) is 3.63. The molecular formula is C24H21ClN6O2S. The summed E-state index contributed by atoms with van der Waals surface area (Å²) in [7, 11) is 1.50. The molecule has 5 aromatic rings. The maximum Gasteiger partial charge on any atom is 0.257 e. The van der Waals surface area contributed by atoms with Gasteiger partial charge < -0.3 is 4.90 Å². The summed E-state index contributed by atoms with van der Waals surface area (Å²) in [5, 5.41) is 9.63. The first-order valence-electron chi connectivity index (χ1n) is 10.4. The molecular weight excluding hydrogens is 472 g/mol. The second kappa shape index (κ2) is 8.35. The summed E-state index contributed by atoms with van der Waals surface area (Å²) in [5.74, 6) is 1.20. The van der Waals surface area contributed by atoms with Crippen LogP contribution in [0.4, 0.5) is 11.5 Å². The number of fused-ring (bicyclic) bond motifs is 3. The molecule has 2 aromatic heterocycles. The molecule has 8 nitrogen and oxygen atoms in total. The van der Waals surface area contributed by atoms with E-state index in [-0.39, 0.29) is 4.90 Å². The minimum atomic E-state index is -3.48. The Labute approximate surface area is 202 Å². The van der Waals surface area contributed by atoms with E-state index in [4.69, 9.17) is 16.6 Å². The maximum atomic E-state index is 12.4. The van der Waals surface area contributed by atoms with Crippen LogP contribution in [-0.4, -0.2) is 53.4 Å². The van der Waals surface area contributed by atoms with Crippen molar-refractivity contribution < 1.29 is 8.42 Å². The van der Waals surface area contributed by atoms with E-state index in [2.05, 4.69) is 10.2 Å². The first-order valence-corrected chi connectivity index (χ1v) is 12.2. The van der Waals surface area contributed by atoms with Gasteiger partial charge >= 0.3 is 0 Å². The quantitative estimate of drug-likeness (QED) is 0.356. The van der Waals surface area contributed by atoms with Crippen molar-refractivity contribution in [3.63, 3.8) is 0 Å². The van der Waals surface area contributed by atoms with Crippen LogP contribution in [0, 0.1) is 0 Å². The molecule has 172 valence electrons. The van der Waals surface area contributed by atoms with Gasteiger partial charge in [-0.3, -0.25) is 4.40 Å². The molecule has 3 aromatic carbocycles. The summed E-state index contributed by atoms with van der Waals surface area (Å²) in [4.78, 5) is 6.97. The fourth-order valence-electron chi connectivity index (χ4n) is 3.83. The first-order chi connectivity index (χ1) is 16.3. The van der Waals surface area contributed by atoms with Crippen molar-refractivity contribution in [2.24, 2.45) is 0 Å². The smallest absolute Gasteiger partial charge is 0.257 e. The number of hydrogen-bond acceptors (Lipinski definition) is 6. The lowest BCUT2D eigenvalue weighted by atomic mass is 10.0. The summed E-state index contributed by atoms with van der Waals surface area (Å²) < 4.78 is 27.8. The van der Waals surface area contributed by atoms with E-state index >= 15 is 0 Å². The highest BCUT2D eigenvalue weighted by atomic mass is 35.5. The summed E-state index contributed by atoms with van der Waals surface area (Å²) in [6.07, 6.45) is 1.62. The second-order valence-corrected chi connectivity index (χ2v) is 10.6. The minimum absolute atomic E-state index is 0.255. The standard InChI is InChI=1S/C24H21ClN6O2S/c1-29(2)34(32,33)20-10-7-16(8-11-20)17-5-4-6-19(13-17)30(3)23-21-12-9-18(25)14-22(21)31-15-26-28-24(31)27-23/h4-15H,1-3H3. The number of aromatic nitrogens is 4. The Kier molecular flexibility index (Phi) is 5.47. The van der Waals surface area contributed by atoms with Gasteiger partial charge in [0.2, 0.25) is 10.0 Å². The largest absolute Gasteiger partial charge is 0.329 e. The van der Waals surface area contributed by atoms with Gasteiger partial charge in [0, 0.05) is 37.2 Å². The number of rotatable bonds is 5. The van der Waals surface area contributed by atoms with E-state index in [9.17, 15) is 8.42 Å². The van der Waals surface area contributed by atoms with Crippen LogP contribution in [0.5, 0.6) is 0 Å². The van der Waals surface area contributed by atoms with Crippen LogP contribution in [0.2, 0.25) is 5.02 Å². The van der Waals surface area contributed by atoms with Gasteiger partial charge in [-0.05, 0) is 53.6 Å². The van der Waals surface area contributed by atoms with Gasteiger partial charge in [0.1, 0.15) is 12.1 Å². The van der Waals surface area contributed by atoms with Crippen LogP contribution in [0.1, 0.15) is 0 Å². The molecule has 0 saturated heterocycles. The molecule has 0 aliphatic heterocycles. The Morgan fingerprint density at radius 1 is 0.912 bits per heavy atom. The van der Waals surface area contributed by atoms with Gasteiger partial charge in [-0.15, -0.1) is 10.2 Å². The van der Waals surface area contributed by atoms with E-state index in [0.29, 0.717) is 10.8 Å². The van der Waals surface area contributed by atoms with Gasteiger partial charge in [-0.1, -0.05) is 35.9 Å². The number of benzene rings is 3. The number of nitrogens with zero attached hydrogens (tertiary/aromatic N) is 6. The predicted octanol–water partition coefficient (Wildman–Crippen LogP) is 4.62. The number of hydrogen-bond donors (Lipinski definition) is 0. The zero-order valence-electron chi connectivity index (χ0n) is 18.7. The van der Waals surface area contributed by atoms with E-state index in [1.165, 1.54) is 18.4 Å². The fourth-order valence-corrected chi connectivity index (χ4v) is 4.89. The molecule has 0 aliphatic carbocycles. The zero-order valence-corrected chi connectivity index (χ0v) is 20.3. The number of sulfonamides is 1. The Morgan fingerprint density at radius 2 is 1.68 bits per heavy atom.